The minimum atomic E-state index is 0.375. The van der Waals surface area contributed by atoms with Gasteiger partial charge in [0.1, 0.15) is 5.71 Å². The number of para-hydroxylation sites is 2. The van der Waals surface area contributed by atoms with Crippen molar-refractivity contribution in [2.75, 3.05) is 5.43 Å². The largest absolute Gasteiger partial charge is 0.299 e. The number of benzene rings is 6. The van der Waals surface area contributed by atoms with Gasteiger partial charge in [-0.15, -0.1) is 0 Å². The third kappa shape index (κ3) is 4.96. The number of nitrogens with zero attached hydrogens (tertiary/aromatic N) is 3. The molecule has 1 aliphatic rings. The molecule has 0 spiro atoms. The van der Waals surface area contributed by atoms with Crippen molar-refractivity contribution in [1.29, 1.82) is 5.41 Å². The zero-order valence-corrected chi connectivity index (χ0v) is 24.3. The quantitative estimate of drug-likeness (QED) is 0.200. The molecule has 1 heterocycles. The summed E-state index contributed by atoms with van der Waals surface area (Å²) in [6, 6.07) is 47.4. The highest BCUT2D eigenvalue weighted by molar-refractivity contribution is 6.55. The Bertz CT molecular complexity index is 2300. The summed E-state index contributed by atoms with van der Waals surface area (Å²) < 4.78 is 0. The number of fused-ring (bicyclic) bond motifs is 4. The van der Waals surface area contributed by atoms with Gasteiger partial charge in [-0.3, -0.25) is 10.8 Å². The van der Waals surface area contributed by atoms with Crippen LogP contribution in [0.5, 0.6) is 0 Å². The molecular weight excluding hydrogens is 550 g/mol. The van der Waals surface area contributed by atoms with Gasteiger partial charge in [-0.1, -0.05) is 115 Å². The fourth-order valence-electron chi connectivity index (χ4n) is 5.93. The summed E-state index contributed by atoms with van der Waals surface area (Å²) in [5, 5.41) is 16.5. The highest BCUT2D eigenvalue weighted by Gasteiger charge is 2.20. The highest BCUT2D eigenvalue weighted by Crippen LogP contribution is 2.34. The van der Waals surface area contributed by atoms with Crippen molar-refractivity contribution in [3.05, 3.63) is 157 Å². The van der Waals surface area contributed by atoms with Gasteiger partial charge in [0.15, 0.2) is 5.82 Å². The molecule has 5 nitrogen and oxygen atoms in total. The number of hydrogen-bond acceptors (Lipinski definition) is 5. The Balaban J connectivity index is 1.20. The lowest BCUT2D eigenvalue weighted by atomic mass is 9.88. The molecule has 0 unspecified atom stereocenters. The number of anilines is 1. The van der Waals surface area contributed by atoms with Crippen molar-refractivity contribution in [2.24, 2.45) is 5.10 Å². The first kappa shape index (κ1) is 26.4. The Morgan fingerprint density at radius 2 is 1.29 bits per heavy atom. The van der Waals surface area contributed by atoms with E-state index in [2.05, 4.69) is 83.3 Å². The molecule has 45 heavy (non-hydrogen) atoms. The molecule has 6 aromatic carbocycles. The molecule has 0 fully saturated rings. The Morgan fingerprint density at radius 1 is 0.556 bits per heavy atom. The summed E-state index contributed by atoms with van der Waals surface area (Å²) in [6.45, 7) is 0. The van der Waals surface area contributed by atoms with Crippen molar-refractivity contribution in [2.45, 2.75) is 0 Å². The standard InChI is InChI=1S/C40H27N5/c41-35-23-21-26-18-19-30-24-29(20-22-33(30)37(26)39(35)45-44-32-14-5-2-6-15-32)28-12-9-13-31(25-28)40-42-36-17-8-7-16-34(36)38(43-40)27-10-3-1-4-11-27/h1-25,41,44H/b41-35?,45-39+. The van der Waals surface area contributed by atoms with E-state index < -0.39 is 0 Å². The minimum absolute atomic E-state index is 0.375. The Kier molecular flexibility index (Phi) is 6.54. The van der Waals surface area contributed by atoms with E-state index in [9.17, 15) is 0 Å². The average molecular weight is 578 g/mol. The number of aromatic nitrogens is 2. The highest BCUT2D eigenvalue weighted by atomic mass is 15.3. The van der Waals surface area contributed by atoms with Gasteiger partial charge in [0.05, 0.1) is 22.6 Å². The average Bonchev–Trinajstić information content (AvgIpc) is 3.11. The first-order valence-electron chi connectivity index (χ1n) is 14.9. The van der Waals surface area contributed by atoms with Crippen LogP contribution in [-0.4, -0.2) is 21.4 Å². The maximum atomic E-state index is 8.65. The van der Waals surface area contributed by atoms with Crippen LogP contribution in [0, 0.1) is 5.41 Å². The minimum Gasteiger partial charge on any atom is -0.299 e. The van der Waals surface area contributed by atoms with E-state index in [1.54, 1.807) is 6.08 Å². The molecule has 0 bridgehead atoms. The summed E-state index contributed by atoms with van der Waals surface area (Å²) in [6.07, 6.45) is 3.79. The Labute approximate surface area is 260 Å². The second kappa shape index (κ2) is 11.1. The van der Waals surface area contributed by atoms with Gasteiger partial charge in [-0.25, -0.2) is 9.97 Å². The topological polar surface area (TPSA) is 74.0 Å². The van der Waals surface area contributed by atoms with E-state index in [0.29, 0.717) is 17.2 Å². The van der Waals surface area contributed by atoms with Crippen molar-refractivity contribution in [3.63, 3.8) is 0 Å². The van der Waals surface area contributed by atoms with Crippen LogP contribution in [0.4, 0.5) is 5.69 Å². The van der Waals surface area contributed by atoms with E-state index in [4.69, 9.17) is 15.4 Å². The Morgan fingerprint density at radius 3 is 2.16 bits per heavy atom. The van der Waals surface area contributed by atoms with Gasteiger partial charge in [0, 0.05) is 22.1 Å². The molecule has 212 valence electrons. The molecular formula is C40H27N5. The molecule has 2 N–H and O–H groups in total. The van der Waals surface area contributed by atoms with Crippen LogP contribution in [0.1, 0.15) is 11.1 Å². The van der Waals surface area contributed by atoms with Crippen molar-refractivity contribution in [1.82, 2.24) is 9.97 Å². The van der Waals surface area contributed by atoms with Crippen molar-refractivity contribution < 1.29 is 0 Å². The predicted molar refractivity (Wildman–Crippen MR) is 187 cm³/mol. The van der Waals surface area contributed by atoms with E-state index in [1.807, 2.05) is 72.8 Å². The summed E-state index contributed by atoms with van der Waals surface area (Å²) in [4.78, 5) is 10.0. The van der Waals surface area contributed by atoms with Gasteiger partial charge in [0.25, 0.3) is 0 Å². The Hall–Kier alpha value is -6.20. The number of rotatable bonds is 5. The van der Waals surface area contributed by atoms with Gasteiger partial charge < -0.3 is 0 Å². The van der Waals surface area contributed by atoms with Crippen molar-refractivity contribution >= 4 is 44.9 Å². The van der Waals surface area contributed by atoms with Gasteiger partial charge in [-0.05, 0) is 63.9 Å². The summed E-state index contributed by atoms with van der Waals surface area (Å²) >= 11 is 0. The number of nitrogens with one attached hydrogen (secondary N) is 2. The van der Waals surface area contributed by atoms with Gasteiger partial charge >= 0.3 is 0 Å². The molecule has 0 saturated carbocycles. The monoisotopic (exact) mass is 577 g/mol. The maximum Gasteiger partial charge on any atom is 0.160 e. The molecule has 0 amide bonds. The molecule has 0 saturated heterocycles. The van der Waals surface area contributed by atoms with Crippen LogP contribution in [0.3, 0.4) is 0 Å². The molecule has 1 aromatic heterocycles. The van der Waals surface area contributed by atoms with E-state index in [-0.39, 0.29) is 0 Å². The van der Waals surface area contributed by atoms with Crippen LogP contribution in [0.25, 0.3) is 61.5 Å². The molecule has 5 heteroatoms. The summed E-state index contributed by atoms with van der Waals surface area (Å²) in [5.41, 5.74) is 13.1. The van der Waals surface area contributed by atoms with Crippen molar-refractivity contribution in [3.8, 4) is 33.8 Å². The van der Waals surface area contributed by atoms with Gasteiger partial charge in [0.2, 0.25) is 0 Å². The lowest BCUT2D eigenvalue weighted by Crippen LogP contribution is -2.19. The zero-order chi connectivity index (χ0) is 30.2. The number of hydrazone groups is 1. The van der Waals surface area contributed by atoms with E-state index in [0.717, 1.165) is 66.4 Å². The summed E-state index contributed by atoms with van der Waals surface area (Å²) in [5.74, 6) is 0.696. The van der Waals surface area contributed by atoms with Crippen LogP contribution in [-0.2, 0) is 0 Å². The first-order chi connectivity index (χ1) is 22.2. The van der Waals surface area contributed by atoms with E-state index in [1.165, 1.54) is 0 Å². The van der Waals surface area contributed by atoms with Crippen LogP contribution in [0.15, 0.2) is 151 Å². The predicted octanol–water partition coefficient (Wildman–Crippen LogP) is 9.65. The normalized spacial score (nSPS) is 13.3. The lowest BCUT2D eigenvalue weighted by Gasteiger charge is -2.18. The fourth-order valence-corrected chi connectivity index (χ4v) is 5.93. The maximum absolute atomic E-state index is 8.65. The van der Waals surface area contributed by atoms with Crippen LogP contribution in [0.2, 0.25) is 0 Å². The fraction of sp³-hybridized carbons (Fsp3) is 0. The molecule has 7 aromatic rings. The zero-order valence-electron chi connectivity index (χ0n) is 24.3. The molecule has 1 aliphatic carbocycles. The molecule has 0 atom stereocenters. The van der Waals surface area contributed by atoms with Gasteiger partial charge in [-0.2, -0.15) is 5.10 Å². The summed E-state index contributed by atoms with van der Waals surface area (Å²) in [7, 11) is 0. The number of allylic oxidation sites excluding steroid dienone is 1. The van der Waals surface area contributed by atoms with E-state index >= 15 is 0 Å². The molecule has 0 aliphatic heterocycles. The molecule has 0 radical (unpaired) electrons. The lowest BCUT2D eigenvalue weighted by molar-refractivity contribution is 1.23. The third-order valence-corrected chi connectivity index (χ3v) is 8.15. The SMILES string of the molecule is N=C1C=Cc2ccc3cc(-c4cccc(-c5nc(-c6ccccc6)c6ccccc6n5)c4)ccc3c2/C1=N/Nc1ccccc1. The second-order valence-corrected chi connectivity index (χ2v) is 11.0. The smallest absolute Gasteiger partial charge is 0.160 e. The molecule has 8 rings (SSSR count). The second-order valence-electron chi connectivity index (χ2n) is 11.0. The van der Waals surface area contributed by atoms with Crippen LogP contribution < -0.4 is 5.43 Å². The first-order valence-corrected chi connectivity index (χ1v) is 14.9. The van der Waals surface area contributed by atoms with Crippen LogP contribution >= 0.6 is 0 Å². The number of hydrogen-bond donors (Lipinski definition) is 2. The third-order valence-electron chi connectivity index (χ3n) is 8.15.